The summed E-state index contributed by atoms with van der Waals surface area (Å²) in [6, 6.07) is 38.2. The van der Waals surface area contributed by atoms with Gasteiger partial charge in [0.2, 0.25) is 0 Å². The number of hydrogen-bond acceptors (Lipinski definition) is 0. The van der Waals surface area contributed by atoms with Gasteiger partial charge >= 0.3 is 17.1 Å². The molecule has 0 aliphatic carbocycles. The fourth-order valence-corrected chi connectivity index (χ4v) is 6.47. The predicted molar refractivity (Wildman–Crippen MR) is 119 cm³/mol. The molecule has 3 heteroatoms. The van der Waals surface area contributed by atoms with Crippen LogP contribution in [0.5, 0.6) is 0 Å². The molecule has 0 bridgehead atoms. The van der Waals surface area contributed by atoms with Crippen LogP contribution in [0.25, 0.3) is 0 Å². The van der Waals surface area contributed by atoms with Crippen LogP contribution in [0.2, 0.25) is 0 Å². The standard InChI is InChI=1S/C19H17BrP.C5H5.Fe/c1-15(18-13-8-14-19(18)20)21(16-9-4-2-5-10-16)17-11-6-3-7-12-17;1-2-4-5-3-1;/h2-15H,1H3;1-5H;/q2*-1;+2. The smallest absolute Gasteiger partial charge is 0.214 e. The molecule has 1 atom stereocenters. The second-order valence-electron chi connectivity index (χ2n) is 6.01. The minimum absolute atomic E-state index is 0. The molecular formula is C24H22BrFeP. The molecule has 0 aromatic heterocycles. The summed E-state index contributed by atoms with van der Waals surface area (Å²) in [5.41, 5.74) is 1.88. The van der Waals surface area contributed by atoms with Crippen LogP contribution in [0.15, 0.2) is 114 Å². The topological polar surface area (TPSA) is 0 Å². The minimum Gasteiger partial charge on any atom is -0.214 e. The van der Waals surface area contributed by atoms with Crippen LogP contribution >= 0.6 is 23.9 Å². The van der Waals surface area contributed by atoms with Gasteiger partial charge in [0, 0.05) is 0 Å². The first kappa shape index (κ1) is 21.9. The van der Waals surface area contributed by atoms with Gasteiger partial charge in [0.1, 0.15) is 0 Å². The zero-order chi connectivity index (χ0) is 18.2. The monoisotopic (exact) mass is 476 g/mol. The van der Waals surface area contributed by atoms with Gasteiger partial charge in [-0.15, -0.1) is 5.56 Å². The number of hydrogen-bond donors (Lipinski definition) is 0. The molecule has 4 aromatic rings. The molecule has 4 aromatic carbocycles. The summed E-state index contributed by atoms with van der Waals surface area (Å²) in [7, 11) is -0.409. The van der Waals surface area contributed by atoms with Crippen molar-refractivity contribution >= 4 is 34.5 Å². The fraction of sp³-hybridized carbons (Fsp3) is 0.0833. The van der Waals surface area contributed by atoms with Crippen molar-refractivity contribution in [3.05, 3.63) is 119 Å². The van der Waals surface area contributed by atoms with Gasteiger partial charge in [-0.1, -0.05) is 88.0 Å². The first-order chi connectivity index (χ1) is 12.8. The van der Waals surface area contributed by atoms with Crippen molar-refractivity contribution in [1.29, 1.82) is 0 Å². The number of benzene rings is 2. The number of rotatable bonds is 4. The van der Waals surface area contributed by atoms with Crippen LogP contribution in [-0.2, 0) is 17.1 Å². The average Bonchev–Trinajstić information content (AvgIpc) is 3.38. The van der Waals surface area contributed by atoms with Crippen LogP contribution in [-0.4, -0.2) is 0 Å². The Morgan fingerprint density at radius 3 is 1.67 bits per heavy atom. The maximum absolute atomic E-state index is 3.69. The second-order valence-corrected chi connectivity index (χ2v) is 9.41. The SMILES string of the molecule is CC([c-]1cccc1Br)P(c1ccccc1)c1ccccc1.[Fe+2].c1cc[cH-]c1. The first-order valence-corrected chi connectivity index (χ1v) is 10.9. The van der Waals surface area contributed by atoms with Gasteiger partial charge in [-0.25, -0.2) is 18.2 Å². The van der Waals surface area contributed by atoms with Crippen molar-refractivity contribution in [2.45, 2.75) is 12.6 Å². The van der Waals surface area contributed by atoms with Crippen molar-refractivity contribution in [3.63, 3.8) is 0 Å². The molecule has 0 N–H and O–H groups in total. The molecule has 0 amide bonds. The summed E-state index contributed by atoms with van der Waals surface area (Å²) in [5, 5.41) is 2.86. The largest absolute Gasteiger partial charge is 2.00 e. The van der Waals surface area contributed by atoms with E-state index in [1.54, 1.807) is 0 Å². The van der Waals surface area contributed by atoms with E-state index in [0.717, 1.165) is 0 Å². The zero-order valence-corrected chi connectivity index (χ0v) is 18.7. The quantitative estimate of drug-likeness (QED) is 0.173. The van der Waals surface area contributed by atoms with E-state index in [2.05, 4.69) is 102 Å². The molecule has 27 heavy (non-hydrogen) atoms. The Kier molecular flexibility index (Phi) is 9.25. The molecule has 0 aliphatic rings. The summed E-state index contributed by atoms with van der Waals surface area (Å²) in [6.45, 7) is 2.34. The van der Waals surface area contributed by atoms with E-state index < -0.39 is 7.92 Å². The van der Waals surface area contributed by atoms with Gasteiger partial charge in [-0.3, -0.25) is 0 Å². The van der Waals surface area contributed by atoms with Crippen LogP contribution < -0.4 is 10.6 Å². The van der Waals surface area contributed by atoms with E-state index in [-0.39, 0.29) is 17.1 Å². The summed E-state index contributed by atoms with van der Waals surface area (Å²) < 4.78 is 1.22. The number of halogens is 1. The van der Waals surface area contributed by atoms with Gasteiger partial charge < -0.3 is 0 Å². The van der Waals surface area contributed by atoms with Crippen molar-refractivity contribution in [2.75, 3.05) is 0 Å². The third kappa shape index (κ3) is 6.03. The van der Waals surface area contributed by atoms with Gasteiger partial charge in [0.25, 0.3) is 0 Å². The normalized spacial score (nSPS) is 11.2. The Hall–Kier alpha value is -1.43. The Balaban J connectivity index is 0.000000379. The Morgan fingerprint density at radius 1 is 0.778 bits per heavy atom. The maximum Gasteiger partial charge on any atom is 2.00 e. The third-order valence-electron chi connectivity index (χ3n) is 4.26. The summed E-state index contributed by atoms with van der Waals surface area (Å²) in [5.74, 6) is 0. The first-order valence-electron chi connectivity index (χ1n) is 8.74. The van der Waals surface area contributed by atoms with Crippen LogP contribution in [0.1, 0.15) is 18.1 Å². The molecule has 0 saturated carbocycles. The molecule has 138 valence electrons. The summed E-state index contributed by atoms with van der Waals surface area (Å²) in [6.07, 6.45) is 0. The summed E-state index contributed by atoms with van der Waals surface area (Å²) in [4.78, 5) is 0. The molecule has 0 aliphatic heterocycles. The van der Waals surface area contributed by atoms with Crippen LogP contribution in [0, 0.1) is 0 Å². The van der Waals surface area contributed by atoms with E-state index >= 15 is 0 Å². The van der Waals surface area contributed by atoms with Crippen LogP contribution in [0.4, 0.5) is 0 Å². The fourth-order valence-electron chi connectivity index (χ4n) is 2.98. The van der Waals surface area contributed by atoms with E-state index in [9.17, 15) is 0 Å². The van der Waals surface area contributed by atoms with Crippen LogP contribution in [0.3, 0.4) is 0 Å². The van der Waals surface area contributed by atoms with Crippen molar-refractivity contribution < 1.29 is 17.1 Å². The van der Waals surface area contributed by atoms with Gasteiger partial charge in [0.05, 0.1) is 0 Å². The van der Waals surface area contributed by atoms with E-state index in [1.165, 1.54) is 20.6 Å². The van der Waals surface area contributed by atoms with E-state index in [1.807, 2.05) is 30.3 Å². The van der Waals surface area contributed by atoms with Crippen molar-refractivity contribution in [3.8, 4) is 0 Å². The Morgan fingerprint density at radius 2 is 1.30 bits per heavy atom. The molecule has 0 fully saturated rings. The summed E-state index contributed by atoms with van der Waals surface area (Å²) >= 11 is 3.69. The van der Waals surface area contributed by atoms with Crippen molar-refractivity contribution in [1.82, 2.24) is 0 Å². The van der Waals surface area contributed by atoms with Gasteiger partial charge in [-0.05, 0) is 24.2 Å². The minimum atomic E-state index is -0.409. The molecule has 0 radical (unpaired) electrons. The zero-order valence-electron chi connectivity index (χ0n) is 15.1. The molecule has 0 saturated heterocycles. The second kappa shape index (κ2) is 11.4. The van der Waals surface area contributed by atoms with E-state index in [4.69, 9.17) is 0 Å². The molecule has 4 rings (SSSR count). The maximum atomic E-state index is 3.69. The molecular weight excluding hydrogens is 455 g/mol. The molecule has 0 nitrogen and oxygen atoms in total. The molecule has 0 spiro atoms. The molecule has 0 heterocycles. The Labute approximate surface area is 182 Å². The third-order valence-corrected chi connectivity index (χ3v) is 7.74. The van der Waals surface area contributed by atoms with E-state index in [0.29, 0.717) is 5.66 Å². The molecule has 1 unspecified atom stereocenters. The Bertz CT molecular complexity index is 812. The van der Waals surface area contributed by atoms with Crippen molar-refractivity contribution in [2.24, 2.45) is 0 Å². The predicted octanol–water partition coefficient (Wildman–Crippen LogP) is 6.76. The van der Waals surface area contributed by atoms with Gasteiger partial charge in [-0.2, -0.15) is 30.3 Å². The van der Waals surface area contributed by atoms with Gasteiger partial charge in [0.15, 0.2) is 0 Å². The average molecular weight is 477 g/mol.